The molecule has 0 aliphatic rings. The van der Waals surface area contributed by atoms with Gasteiger partial charge in [-0.1, -0.05) is 23.4 Å². The van der Waals surface area contributed by atoms with E-state index in [1.807, 2.05) is 12.1 Å². The minimum atomic E-state index is -0.357. The van der Waals surface area contributed by atoms with Crippen LogP contribution >= 0.6 is 11.6 Å². The van der Waals surface area contributed by atoms with Gasteiger partial charge in [0.1, 0.15) is 17.9 Å². The van der Waals surface area contributed by atoms with Crippen LogP contribution in [0.3, 0.4) is 0 Å². The van der Waals surface area contributed by atoms with Gasteiger partial charge < -0.3 is 4.74 Å². The molecule has 1 heterocycles. The Kier molecular flexibility index (Phi) is 3.75. The van der Waals surface area contributed by atoms with Gasteiger partial charge >= 0.3 is 5.97 Å². The molecule has 4 nitrogen and oxygen atoms in total. The first-order valence-corrected chi connectivity index (χ1v) is 5.54. The normalized spacial score (nSPS) is 9.67. The van der Waals surface area contributed by atoms with E-state index in [0.29, 0.717) is 5.15 Å². The summed E-state index contributed by atoms with van der Waals surface area (Å²) < 4.78 is 4.49. The fraction of sp³-hybridized carbons (Fsp3) is 0.154. The molecule has 0 atom stereocenters. The van der Waals surface area contributed by atoms with E-state index in [1.165, 1.54) is 13.4 Å². The highest BCUT2D eigenvalue weighted by atomic mass is 35.5. The third-order valence-corrected chi connectivity index (χ3v) is 2.58. The van der Waals surface area contributed by atoms with E-state index in [0.717, 1.165) is 16.5 Å². The van der Waals surface area contributed by atoms with Crippen LogP contribution < -0.4 is 0 Å². The molecule has 0 aliphatic heterocycles. The average molecular weight is 261 g/mol. The van der Waals surface area contributed by atoms with Gasteiger partial charge in [0.15, 0.2) is 0 Å². The molecular formula is C13H9ClN2O2. The molecule has 0 saturated carbocycles. The number of aromatic nitrogens is 2. The van der Waals surface area contributed by atoms with Gasteiger partial charge in [-0.2, -0.15) is 0 Å². The first-order chi connectivity index (χ1) is 8.70. The van der Waals surface area contributed by atoms with Crippen molar-refractivity contribution in [2.24, 2.45) is 0 Å². The van der Waals surface area contributed by atoms with Crippen molar-refractivity contribution in [2.45, 2.75) is 6.42 Å². The highest BCUT2D eigenvalue weighted by Gasteiger charge is 2.01. The van der Waals surface area contributed by atoms with E-state index in [9.17, 15) is 4.79 Å². The standard InChI is InChI=1S/C13H9ClN2O2/c1-18-12(17)4-2-3-9-5-6-11-10(7-9)13(14)16-8-15-11/h5-8H,4H2,1H3. The van der Waals surface area contributed by atoms with E-state index in [-0.39, 0.29) is 12.4 Å². The molecule has 0 N–H and O–H groups in total. The van der Waals surface area contributed by atoms with Gasteiger partial charge in [0, 0.05) is 10.9 Å². The van der Waals surface area contributed by atoms with Gasteiger partial charge in [0.2, 0.25) is 0 Å². The summed E-state index contributed by atoms with van der Waals surface area (Å²) in [5, 5.41) is 1.13. The maximum Gasteiger partial charge on any atom is 0.317 e. The molecule has 1 aromatic carbocycles. The summed E-state index contributed by atoms with van der Waals surface area (Å²) in [6, 6.07) is 5.42. The molecule has 2 aromatic rings. The number of hydrogen-bond donors (Lipinski definition) is 0. The summed E-state index contributed by atoms with van der Waals surface area (Å²) in [5.74, 6) is 5.24. The monoisotopic (exact) mass is 260 g/mol. The molecular weight excluding hydrogens is 252 g/mol. The van der Waals surface area contributed by atoms with E-state index in [1.54, 1.807) is 6.07 Å². The number of methoxy groups -OCH3 is 1. The van der Waals surface area contributed by atoms with Gasteiger partial charge in [0.05, 0.1) is 12.6 Å². The summed E-state index contributed by atoms with van der Waals surface area (Å²) in [6.45, 7) is 0. The van der Waals surface area contributed by atoms with Crippen LogP contribution in [0.1, 0.15) is 12.0 Å². The number of esters is 1. The van der Waals surface area contributed by atoms with Gasteiger partial charge in [-0.3, -0.25) is 4.79 Å². The second-order valence-corrected chi connectivity index (χ2v) is 3.81. The average Bonchev–Trinajstić information content (AvgIpc) is 2.39. The predicted molar refractivity (Wildman–Crippen MR) is 68.1 cm³/mol. The molecule has 90 valence electrons. The van der Waals surface area contributed by atoms with Crippen LogP contribution in [-0.2, 0) is 9.53 Å². The Hall–Kier alpha value is -2.12. The van der Waals surface area contributed by atoms with Crippen molar-refractivity contribution in [1.29, 1.82) is 0 Å². The van der Waals surface area contributed by atoms with E-state index in [2.05, 4.69) is 26.5 Å². The van der Waals surface area contributed by atoms with Gasteiger partial charge in [-0.25, -0.2) is 9.97 Å². The first kappa shape index (κ1) is 12.3. The molecule has 18 heavy (non-hydrogen) atoms. The third-order valence-electron chi connectivity index (χ3n) is 2.28. The maximum absolute atomic E-state index is 10.9. The van der Waals surface area contributed by atoms with Gasteiger partial charge in [-0.05, 0) is 18.2 Å². The van der Waals surface area contributed by atoms with E-state index in [4.69, 9.17) is 11.6 Å². The minimum absolute atomic E-state index is 0.0631. The number of benzene rings is 1. The van der Waals surface area contributed by atoms with Crippen molar-refractivity contribution < 1.29 is 9.53 Å². The Balaban J connectivity index is 2.30. The summed E-state index contributed by atoms with van der Waals surface area (Å²) in [7, 11) is 1.33. The van der Waals surface area contributed by atoms with Crippen LogP contribution in [0.5, 0.6) is 0 Å². The highest BCUT2D eigenvalue weighted by molar-refractivity contribution is 6.34. The molecule has 0 unspecified atom stereocenters. The molecule has 0 amide bonds. The highest BCUT2D eigenvalue weighted by Crippen LogP contribution is 2.19. The number of rotatable bonds is 1. The maximum atomic E-state index is 10.9. The third kappa shape index (κ3) is 2.76. The second-order valence-electron chi connectivity index (χ2n) is 3.45. The van der Waals surface area contributed by atoms with Crippen LogP contribution in [0.25, 0.3) is 10.9 Å². The summed E-state index contributed by atoms with van der Waals surface area (Å²) in [6.07, 6.45) is 1.47. The Bertz CT molecular complexity index is 659. The number of nitrogens with zero attached hydrogens (tertiary/aromatic N) is 2. The summed E-state index contributed by atoms with van der Waals surface area (Å²) in [5.41, 5.74) is 1.51. The van der Waals surface area contributed by atoms with Crippen molar-refractivity contribution in [3.63, 3.8) is 0 Å². The molecule has 0 fully saturated rings. The molecule has 0 aliphatic carbocycles. The first-order valence-electron chi connectivity index (χ1n) is 5.16. The van der Waals surface area contributed by atoms with Crippen LogP contribution in [0, 0.1) is 11.8 Å². The molecule has 0 radical (unpaired) electrons. The lowest BCUT2D eigenvalue weighted by atomic mass is 10.1. The lowest BCUT2D eigenvalue weighted by Gasteiger charge is -1.98. The SMILES string of the molecule is COC(=O)CC#Cc1ccc2ncnc(Cl)c2c1. The van der Waals surface area contributed by atoms with Crippen molar-refractivity contribution in [1.82, 2.24) is 9.97 Å². The topological polar surface area (TPSA) is 52.1 Å². The van der Waals surface area contributed by atoms with Crippen LogP contribution in [0.15, 0.2) is 24.5 Å². The number of hydrogen-bond acceptors (Lipinski definition) is 4. The zero-order chi connectivity index (χ0) is 13.0. The largest absolute Gasteiger partial charge is 0.468 e. The Morgan fingerprint density at radius 3 is 3.06 bits per heavy atom. The van der Waals surface area contributed by atoms with Crippen molar-refractivity contribution in [3.05, 3.63) is 35.2 Å². The number of halogens is 1. The predicted octanol–water partition coefficient (Wildman–Crippen LogP) is 2.20. The Morgan fingerprint density at radius 1 is 1.44 bits per heavy atom. The van der Waals surface area contributed by atoms with Crippen molar-refractivity contribution in [3.8, 4) is 11.8 Å². The zero-order valence-electron chi connectivity index (χ0n) is 9.61. The Morgan fingerprint density at radius 2 is 2.28 bits per heavy atom. The van der Waals surface area contributed by atoms with Crippen LogP contribution in [-0.4, -0.2) is 23.0 Å². The Labute approximate surface area is 109 Å². The molecule has 1 aromatic heterocycles. The molecule has 2 rings (SSSR count). The molecule has 5 heteroatoms. The molecule has 0 spiro atoms. The smallest absolute Gasteiger partial charge is 0.317 e. The van der Waals surface area contributed by atoms with E-state index < -0.39 is 0 Å². The van der Waals surface area contributed by atoms with Crippen LogP contribution in [0.4, 0.5) is 0 Å². The number of carbonyl (C=O) groups is 1. The van der Waals surface area contributed by atoms with Gasteiger partial charge in [0.25, 0.3) is 0 Å². The summed E-state index contributed by atoms with van der Waals surface area (Å²) in [4.78, 5) is 18.9. The fourth-order valence-corrected chi connectivity index (χ4v) is 1.59. The molecule has 0 bridgehead atoms. The number of fused-ring (bicyclic) bond motifs is 1. The van der Waals surface area contributed by atoms with E-state index >= 15 is 0 Å². The quantitative estimate of drug-likeness (QED) is 0.448. The fourth-order valence-electron chi connectivity index (χ4n) is 1.39. The zero-order valence-corrected chi connectivity index (χ0v) is 10.4. The lowest BCUT2D eigenvalue weighted by Crippen LogP contribution is -1.97. The number of carbonyl (C=O) groups excluding carboxylic acids is 1. The van der Waals surface area contributed by atoms with Gasteiger partial charge in [-0.15, -0.1) is 0 Å². The molecule has 0 saturated heterocycles. The lowest BCUT2D eigenvalue weighted by molar-refractivity contribution is -0.139. The van der Waals surface area contributed by atoms with Crippen LogP contribution in [0.2, 0.25) is 5.15 Å². The second kappa shape index (κ2) is 5.48. The summed E-state index contributed by atoms with van der Waals surface area (Å²) >= 11 is 5.96. The number of ether oxygens (including phenoxy) is 1. The van der Waals surface area contributed by atoms with Crippen molar-refractivity contribution in [2.75, 3.05) is 7.11 Å². The minimum Gasteiger partial charge on any atom is -0.468 e. The van der Waals surface area contributed by atoms with Crippen molar-refractivity contribution >= 4 is 28.5 Å².